The summed E-state index contributed by atoms with van der Waals surface area (Å²) in [4.78, 5) is 35.4. The molecule has 0 radical (unpaired) electrons. The summed E-state index contributed by atoms with van der Waals surface area (Å²) in [7, 11) is 1.48. The Hall–Kier alpha value is -2.03. The first-order valence-corrected chi connectivity index (χ1v) is 25.4. The summed E-state index contributed by atoms with van der Waals surface area (Å²) < 4.78 is 34.3. The van der Waals surface area contributed by atoms with E-state index in [0.29, 0.717) is 23.9 Å². The summed E-state index contributed by atoms with van der Waals surface area (Å²) in [6, 6.07) is 0. The Balaban J connectivity index is 4.18. The van der Waals surface area contributed by atoms with Crippen molar-refractivity contribution >= 4 is 19.8 Å². The zero-order valence-corrected chi connectivity index (χ0v) is 39.6. The third kappa shape index (κ3) is 45.3. The van der Waals surface area contributed by atoms with Crippen molar-refractivity contribution in [3.05, 3.63) is 48.6 Å². The molecule has 0 aliphatic carbocycles. The normalized spacial score (nSPS) is 13.9. The first-order chi connectivity index (χ1) is 28.5. The average Bonchev–Trinajstić information content (AvgIpc) is 3.19. The third-order valence-corrected chi connectivity index (χ3v) is 11.1. The number of hydrogen-bond acceptors (Lipinski definition) is 7. The smallest absolute Gasteiger partial charge is 0.462 e. The minimum atomic E-state index is -4.37. The first-order valence-electron chi connectivity index (χ1n) is 23.9. The van der Waals surface area contributed by atoms with Crippen LogP contribution in [0.15, 0.2) is 48.6 Å². The van der Waals surface area contributed by atoms with Crippen LogP contribution in [0.25, 0.3) is 0 Å². The molecule has 344 valence electrons. The number of esters is 2. The fraction of sp³-hybridized carbons (Fsp3) is 0.796. The van der Waals surface area contributed by atoms with Crippen molar-refractivity contribution < 1.29 is 42.1 Å². The van der Waals surface area contributed by atoms with Gasteiger partial charge in [0.15, 0.2) is 6.10 Å². The van der Waals surface area contributed by atoms with Gasteiger partial charge in [0.1, 0.15) is 19.8 Å². The Bertz CT molecular complexity index is 1150. The number of carbonyl (C=O) groups excluding carboxylic acids is 2. The lowest BCUT2D eigenvalue weighted by atomic mass is 10.0. The van der Waals surface area contributed by atoms with E-state index >= 15 is 0 Å². The van der Waals surface area contributed by atoms with Crippen LogP contribution in [-0.4, -0.2) is 74.9 Å². The van der Waals surface area contributed by atoms with Gasteiger partial charge >= 0.3 is 19.8 Å². The summed E-state index contributed by atoms with van der Waals surface area (Å²) in [6.07, 6.45) is 48.8. The minimum absolute atomic E-state index is 0.0315. The SMILES string of the molecule is CC/C=C\C/C=C\C/C=C\C/C=C\CCCCCCCCCCCCCCC(=O)OC(COC(=O)CCCCCCCCCCCC)COP(=O)(O)OCC[N+](C)(C)C. The lowest BCUT2D eigenvalue weighted by Gasteiger charge is -2.24. The van der Waals surface area contributed by atoms with Crippen LogP contribution in [0.1, 0.15) is 200 Å². The van der Waals surface area contributed by atoms with Crippen LogP contribution >= 0.6 is 7.82 Å². The second kappa shape index (κ2) is 41.3. The maximum atomic E-state index is 12.7. The van der Waals surface area contributed by atoms with Gasteiger partial charge in [-0.25, -0.2) is 4.57 Å². The molecule has 9 nitrogen and oxygen atoms in total. The lowest BCUT2D eigenvalue weighted by Crippen LogP contribution is -2.37. The number of ether oxygens (including phenoxy) is 2. The van der Waals surface area contributed by atoms with E-state index in [-0.39, 0.29) is 25.6 Å². The Morgan fingerprint density at radius 1 is 0.542 bits per heavy atom. The van der Waals surface area contributed by atoms with Crippen molar-refractivity contribution in [3.63, 3.8) is 0 Å². The van der Waals surface area contributed by atoms with Crippen molar-refractivity contribution in [2.45, 2.75) is 206 Å². The highest BCUT2D eigenvalue weighted by Gasteiger charge is 2.27. The number of hydrogen-bond donors (Lipinski definition) is 1. The Morgan fingerprint density at radius 3 is 1.44 bits per heavy atom. The standard InChI is InChI=1S/C49H90NO8P/c1-6-8-10-12-14-16-18-19-20-21-22-23-24-25-26-27-28-29-30-31-32-34-36-38-40-42-49(52)58-47(46-57-59(53,54)56-44-43-50(3,4)5)45-55-48(51)41-39-37-35-33-17-15-13-11-9-7-2/h8,10,14,16,19-20,22-23,47H,6-7,9,11-13,15,17-18,21,24-46H2,1-5H3/p+1/b10-8-,16-14-,20-19-,23-22-. The molecule has 59 heavy (non-hydrogen) atoms. The zero-order valence-electron chi connectivity index (χ0n) is 38.7. The number of unbranched alkanes of at least 4 members (excludes halogenated alkanes) is 21. The molecular weight excluding hydrogens is 762 g/mol. The van der Waals surface area contributed by atoms with E-state index in [4.69, 9.17) is 18.5 Å². The van der Waals surface area contributed by atoms with Crippen LogP contribution in [0.2, 0.25) is 0 Å². The second-order valence-corrected chi connectivity index (χ2v) is 18.6. The van der Waals surface area contributed by atoms with Crippen molar-refractivity contribution in [1.29, 1.82) is 0 Å². The number of likely N-dealkylation sites (N-methyl/N-ethyl adjacent to an activating group) is 1. The van der Waals surface area contributed by atoms with Crippen molar-refractivity contribution in [1.82, 2.24) is 0 Å². The van der Waals surface area contributed by atoms with Crippen LogP contribution in [0.3, 0.4) is 0 Å². The van der Waals surface area contributed by atoms with Crippen molar-refractivity contribution in [2.75, 3.05) is 47.5 Å². The predicted octanol–water partition coefficient (Wildman–Crippen LogP) is 13.9. The van der Waals surface area contributed by atoms with E-state index < -0.39 is 26.5 Å². The number of nitrogens with zero attached hydrogens (tertiary/aromatic N) is 1. The number of phosphoric acid groups is 1. The minimum Gasteiger partial charge on any atom is -0.462 e. The fourth-order valence-electron chi connectivity index (χ4n) is 6.42. The van der Waals surface area contributed by atoms with Gasteiger partial charge in [-0.3, -0.25) is 18.6 Å². The summed E-state index contributed by atoms with van der Waals surface area (Å²) in [6.45, 7) is 4.30. The van der Waals surface area contributed by atoms with E-state index in [1.807, 2.05) is 21.1 Å². The number of rotatable bonds is 43. The molecule has 0 saturated heterocycles. The molecule has 0 aliphatic rings. The topological polar surface area (TPSA) is 108 Å². The molecule has 0 aliphatic heterocycles. The number of phosphoric ester groups is 1. The molecule has 0 fully saturated rings. The van der Waals surface area contributed by atoms with Crippen LogP contribution < -0.4 is 0 Å². The van der Waals surface area contributed by atoms with E-state index in [1.165, 1.54) is 103 Å². The molecular formula is C49H91NO8P+. The summed E-state index contributed by atoms with van der Waals surface area (Å²) in [5, 5.41) is 0. The van der Waals surface area contributed by atoms with Crippen LogP contribution in [0.5, 0.6) is 0 Å². The fourth-order valence-corrected chi connectivity index (χ4v) is 7.16. The highest BCUT2D eigenvalue weighted by molar-refractivity contribution is 7.47. The largest absolute Gasteiger partial charge is 0.472 e. The number of quaternary nitrogens is 1. The molecule has 0 saturated carbocycles. The van der Waals surface area contributed by atoms with Gasteiger partial charge in [0, 0.05) is 12.8 Å². The molecule has 1 N–H and O–H groups in total. The summed E-state index contributed by atoms with van der Waals surface area (Å²) in [5.74, 6) is -0.799. The molecule has 0 heterocycles. The van der Waals surface area contributed by atoms with Gasteiger partial charge in [0.05, 0.1) is 27.7 Å². The maximum Gasteiger partial charge on any atom is 0.472 e. The molecule has 10 heteroatoms. The van der Waals surface area contributed by atoms with Gasteiger partial charge < -0.3 is 18.9 Å². The maximum absolute atomic E-state index is 12.7. The third-order valence-electron chi connectivity index (χ3n) is 10.1. The Morgan fingerprint density at radius 2 is 0.966 bits per heavy atom. The molecule has 0 bridgehead atoms. The van der Waals surface area contributed by atoms with Crippen LogP contribution in [0, 0.1) is 0 Å². The summed E-state index contributed by atoms with van der Waals surface area (Å²) >= 11 is 0. The highest BCUT2D eigenvalue weighted by Crippen LogP contribution is 2.43. The Labute approximate surface area is 363 Å². The van der Waals surface area contributed by atoms with Crippen molar-refractivity contribution in [2.24, 2.45) is 0 Å². The van der Waals surface area contributed by atoms with E-state index in [9.17, 15) is 19.0 Å². The van der Waals surface area contributed by atoms with Gasteiger partial charge in [-0.1, -0.05) is 184 Å². The molecule has 2 unspecified atom stereocenters. The predicted molar refractivity (Wildman–Crippen MR) is 247 cm³/mol. The molecule has 2 atom stereocenters. The quantitative estimate of drug-likeness (QED) is 0.0212. The van der Waals surface area contributed by atoms with E-state index in [1.54, 1.807) is 0 Å². The molecule has 0 spiro atoms. The van der Waals surface area contributed by atoms with Gasteiger partial charge in [-0.15, -0.1) is 0 Å². The number of allylic oxidation sites excluding steroid dienone is 8. The molecule has 0 aromatic heterocycles. The van der Waals surface area contributed by atoms with E-state index in [2.05, 4.69) is 62.5 Å². The van der Waals surface area contributed by atoms with Crippen molar-refractivity contribution in [3.8, 4) is 0 Å². The second-order valence-electron chi connectivity index (χ2n) is 17.1. The zero-order chi connectivity index (χ0) is 43.6. The number of carbonyl (C=O) groups is 2. The molecule has 0 aromatic rings. The summed E-state index contributed by atoms with van der Waals surface area (Å²) in [5.41, 5.74) is 0. The van der Waals surface area contributed by atoms with Crippen LogP contribution in [-0.2, 0) is 32.7 Å². The monoisotopic (exact) mass is 853 g/mol. The molecule has 0 aromatic carbocycles. The van der Waals surface area contributed by atoms with Gasteiger partial charge in [-0.2, -0.15) is 0 Å². The molecule has 0 rings (SSSR count). The van der Waals surface area contributed by atoms with E-state index in [0.717, 1.165) is 64.2 Å². The Kier molecular flexibility index (Phi) is 39.9. The molecule has 0 amide bonds. The first kappa shape index (κ1) is 57.0. The average molecular weight is 853 g/mol. The van der Waals surface area contributed by atoms with Gasteiger partial charge in [0.25, 0.3) is 0 Å². The van der Waals surface area contributed by atoms with Crippen LogP contribution in [0.4, 0.5) is 0 Å². The van der Waals surface area contributed by atoms with Gasteiger partial charge in [0.2, 0.25) is 0 Å². The van der Waals surface area contributed by atoms with Gasteiger partial charge in [-0.05, 0) is 51.4 Å². The lowest BCUT2D eigenvalue weighted by molar-refractivity contribution is -0.870. The highest BCUT2D eigenvalue weighted by atomic mass is 31.2.